The maximum absolute atomic E-state index is 5.62. The van der Waals surface area contributed by atoms with Crippen molar-refractivity contribution in [3.8, 4) is 5.75 Å². The molecule has 24 heavy (non-hydrogen) atoms. The van der Waals surface area contributed by atoms with E-state index in [0.29, 0.717) is 13.2 Å². The minimum absolute atomic E-state index is 0. The third-order valence-corrected chi connectivity index (χ3v) is 3.22. The van der Waals surface area contributed by atoms with Gasteiger partial charge in [-0.3, -0.25) is 4.98 Å². The van der Waals surface area contributed by atoms with Gasteiger partial charge < -0.3 is 15.0 Å². The molecule has 5 nitrogen and oxygen atoms in total. The molecule has 0 fully saturated rings. The zero-order valence-corrected chi connectivity index (χ0v) is 16.5. The molecule has 0 atom stereocenters. The first-order chi connectivity index (χ1) is 11.3. The second-order valence-corrected chi connectivity index (χ2v) is 5.11. The van der Waals surface area contributed by atoms with Gasteiger partial charge in [0.1, 0.15) is 12.4 Å². The van der Waals surface area contributed by atoms with Gasteiger partial charge in [-0.15, -0.1) is 24.0 Å². The fourth-order valence-electron chi connectivity index (χ4n) is 2.15. The summed E-state index contributed by atoms with van der Waals surface area (Å²) in [4.78, 5) is 10.7. The van der Waals surface area contributed by atoms with Crippen molar-refractivity contribution in [1.29, 1.82) is 0 Å². The van der Waals surface area contributed by atoms with Crippen molar-refractivity contribution in [3.05, 3.63) is 60.4 Å². The lowest BCUT2D eigenvalue weighted by atomic mass is 10.2. The highest BCUT2D eigenvalue weighted by molar-refractivity contribution is 14.0. The summed E-state index contributed by atoms with van der Waals surface area (Å²) < 4.78 is 5.62. The van der Waals surface area contributed by atoms with Crippen LogP contribution in [-0.4, -0.2) is 42.6 Å². The normalized spacial score (nSPS) is 10.7. The van der Waals surface area contributed by atoms with Crippen LogP contribution in [0.2, 0.25) is 0 Å². The smallest absolute Gasteiger partial charge is 0.194 e. The number of hydrogen-bond acceptors (Lipinski definition) is 3. The van der Waals surface area contributed by atoms with Crippen LogP contribution in [0.25, 0.3) is 0 Å². The quantitative estimate of drug-likeness (QED) is 0.311. The minimum Gasteiger partial charge on any atom is -0.490 e. The van der Waals surface area contributed by atoms with Gasteiger partial charge in [0, 0.05) is 26.3 Å². The summed E-state index contributed by atoms with van der Waals surface area (Å²) in [5.74, 6) is 1.65. The topological polar surface area (TPSA) is 49.8 Å². The summed E-state index contributed by atoms with van der Waals surface area (Å²) in [5, 5.41) is 3.31. The third kappa shape index (κ3) is 7.16. The highest BCUT2D eigenvalue weighted by Gasteiger charge is 2.06. The zero-order valence-electron chi connectivity index (χ0n) is 14.2. The number of benzene rings is 1. The molecular weight excluding hydrogens is 415 g/mol. The van der Waals surface area contributed by atoms with E-state index in [1.54, 1.807) is 12.4 Å². The molecule has 0 saturated heterocycles. The Balaban J connectivity index is 0.00000288. The molecule has 1 N–H and O–H groups in total. The van der Waals surface area contributed by atoms with Gasteiger partial charge in [-0.05, 0) is 24.6 Å². The van der Waals surface area contributed by atoms with Crippen molar-refractivity contribution in [2.45, 2.75) is 13.5 Å². The number of nitrogens with one attached hydrogen (secondary N) is 1. The molecule has 1 heterocycles. The lowest BCUT2D eigenvalue weighted by molar-refractivity contribution is 0.326. The number of rotatable bonds is 7. The van der Waals surface area contributed by atoms with E-state index in [9.17, 15) is 0 Å². The third-order valence-electron chi connectivity index (χ3n) is 3.22. The van der Waals surface area contributed by atoms with Crippen molar-refractivity contribution >= 4 is 29.9 Å². The highest BCUT2D eigenvalue weighted by atomic mass is 127. The second kappa shape index (κ2) is 11.7. The summed E-state index contributed by atoms with van der Waals surface area (Å²) in [5.41, 5.74) is 1.26. The highest BCUT2D eigenvalue weighted by Crippen LogP contribution is 2.06. The number of pyridine rings is 1. The Labute approximate surface area is 161 Å². The van der Waals surface area contributed by atoms with Crippen LogP contribution in [0.15, 0.2) is 59.9 Å². The van der Waals surface area contributed by atoms with Crippen LogP contribution >= 0.6 is 24.0 Å². The number of hydrogen-bond donors (Lipinski definition) is 1. The molecule has 0 unspecified atom stereocenters. The van der Waals surface area contributed by atoms with Crippen molar-refractivity contribution in [3.63, 3.8) is 0 Å². The molecule has 0 saturated carbocycles. The van der Waals surface area contributed by atoms with E-state index in [4.69, 9.17) is 4.74 Å². The summed E-state index contributed by atoms with van der Waals surface area (Å²) in [7, 11) is 2.04. The van der Waals surface area contributed by atoms with E-state index in [0.717, 1.165) is 24.8 Å². The van der Waals surface area contributed by atoms with Gasteiger partial charge in [0.15, 0.2) is 5.96 Å². The molecule has 6 heteroatoms. The standard InChI is InChI=1S/C18H24N4O.HI/c1-3-20-18(22(2)15-16-8-5-4-6-9-16)21-12-13-23-17-10-7-11-19-14-17;/h4-11,14H,3,12-13,15H2,1-2H3,(H,20,21);1H. The molecule has 1 aromatic carbocycles. The van der Waals surface area contributed by atoms with Crippen molar-refractivity contribution in [2.24, 2.45) is 4.99 Å². The maximum Gasteiger partial charge on any atom is 0.194 e. The number of ether oxygens (including phenoxy) is 1. The lowest BCUT2D eigenvalue weighted by Gasteiger charge is -2.22. The molecule has 0 amide bonds. The van der Waals surface area contributed by atoms with Crippen molar-refractivity contribution in [1.82, 2.24) is 15.2 Å². The Morgan fingerprint density at radius 3 is 2.67 bits per heavy atom. The number of nitrogens with zero attached hydrogens (tertiary/aromatic N) is 3. The Morgan fingerprint density at radius 2 is 2.00 bits per heavy atom. The van der Waals surface area contributed by atoms with Crippen molar-refractivity contribution < 1.29 is 4.74 Å². The van der Waals surface area contributed by atoms with E-state index in [1.807, 2.05) is 25.2 Å². The molecule has 2 aromatic rings. The average molecular weight is 440 g/mol. The second-order valence-electron chi connectivity index (χ2n) is 5.11. The fourth-order valence-corrected chi connectivity index (χ4v) is 2.15. The predicted molar refractivity (Wildman–Crippen MR) is 109 cm³/mol. The van der Waals surface area contributed by atoms with Crippen LogP contribution in [0.1, 0.15) is 12.5 Å². The SMILES string of the molecule is CCNC(=NCCOc1cccnc1)N(C)Cc1ccccc1.I. The van der Waals surface area contributed by atoms with Crippen LogP contribution in [-0.2, 0) is 6.54 Å². The Morgan fingerprint density at radius 1 is 1.21 bits per heavy atom. The molecule has 0 bridgehead atoms. The molecule has 0 radical (unpaired) electrons. The van der Waals surface area contributed by atoms with Crippen LogP contribution in [0.5, 0.6) is 5.75 Å². The maximum atomic E-state index is 5.62. The molecule has 130 valence electrons. The number of aromatic nitrogens is 1. The van der Waals surface area contributed by atoms with Crippen LogP contribution < -0.4 is 10.1 Å². The van der Waals surface area contributed by atoms with E-state index >= 15 is 0 Å². The number of guanidine groups is 1. The van der Waals surface area contributed by atoms with Gasteiger partial charge in [-0.2, -0.15) is 0 Å². The van der Waals surface area contributed by atoms with Gasteiger partial charge in [-0.25, -0.2) is 4.99 Å². The molecule has 0 aliphatic heterocycles. The van der Waals surface area contributed by atoms with E-state index < -0.39 is 0 Å². The van der Waals surface area contributed by atoms with Crippen LogP contribution in [0, 0.1) is 0 Å². The summed E-state index contributed by atoms with van der Waals surface area (Å²) in [6.45, 7) is 4.84. The van der Waals surface area contributed by atoms with E-state index in [2.05, 4.69) is 51.4 Å². The summed E-state index contributed by atoms with van der Waals surface area (Å²) in [6.07, 6.45) is 3.43. The Hall–Kier alpha value is -1.83. The van der Waals surface area contributed by atoms with Gasteiger partial charge in [0.05, 0.1) is 12.7 Å². The van der Waals surface area contributed by atoms with Gasteiger partial charge in [0.2, 0.25) is 0 Å². The van der Waals surface area contributed by atoms with Crippen LogP contribution in [0.3, 0.4) is 0 Å². The summed E-state index contributed by atoms with van der Waals surface area (Å²) in [6, 6.07) is 14.1. The molecule has 0 aliphatic rings. The van der Waals surface area contributed by atoms with Gasteiger partial charge in [0.25, 0.3) is 0 Å². The van der Waals surface area contributed by atoms with E-state index in [-0.39, 0.29) is 24.0 Å². The largest absolute Gasteiger partial charge is 0.490 e. The van der Waals surface area contributed by atoms with Crippen LogP contribution in [0.4, 0.5) is 0 Å². The first-order valence-electron chi connectivity index (χ1n) is 7.85. The van der Waals surface area contributed by atoms with E-state index in [1.165, 1.54) is 5.56 Å². The lowest BCUT2D eigenvalue weighted by Crippen LogP contribution is -2.38. The Bertz CT molecular complexity index is 592. The molecule has 2 rings (SSSR count). The molecule has 1 aromatic heterocycles. The zero-order chi connectivity index (χ0) is 16.3. The molecule has 0 spiro atoms. The first-order valence-corrected chi connectivity index (χ1v) is 7.85. The predicted octanol–water partition coefficient (Wildman–Crippen LogP) is 3.18. The number of aliphatic imine (C=N–C) groups is 1. The molecule has 0 aliphatic carbocycles. The van der Waals surface area contributed by atoms with Gasteiger partial charge >= 0.3 is 0 Å². The number of halogens is 1. The molecular formula is C18H25IN4O. The van der Waals surface area contributed by atoms with Gasteiger partial charge in [-0.1, -0.05) is 30.3 Å². The fraction of sp³-hybridized carbons (Fsp3) is 0.333. The monoisotopic (exact) mass is 440 g/mol. The van der Waals surface area contributed by atoms with Crippen molar-refractivity contribution in [2.75, 3.05) is 26.7 Å². The summed E-state index contributed by atoms with van der Waals surface area (Å²) >= 11 is 0. The first kappa shape index (κ1) is 20.2. The minimum atomic E-state index is 0. The Kier molecular flexibility index (Phi) is 9.83. The average Bonchev–Trinajstić information content (AvgIpc) is 2.59.